The van der Waals surface area contributed by atoms with Crippen LogP contribution in [0.15, 0.2) is 93.3 Å². The number of para-hydroxylation sites is 2. The van der Waals surface area contributed by atoms with Crippen LogP contribution < -0.4 is 20.7 Å². The Morgan fingerprint density at radius 2 is 1.30 bits per heavy atom. The molecule has 0 spiro atoms. The molecule has 0 atom stereocenters. The summed E-state index contributed by atoms with van der Waals surface area (Å²) in [5, 5.41) is 2.60. The third-order valence-electron chi connectivity index (χ3n) is 7.47. The van der Waals surface area contributed by atoms with Crippen molar-refractivity contribution in [2.75, 3.05) is 16.7 Å². The van der Waals surface area contributed by atoms with Crippen molar-refractivity contribution >= 4 is 38.9 Å². The second-order valence-electron chi connectivity index (χ2n) is 9.91. The van der Waals surface area contributed by atoms with Gasteiger partial charge < -0.3 is 5.32 Å². The summed E-state index contributed by atoms with van der Waals surface area (Å²) in [7, 11) is 0.304. The number of halogens is 1. The van der Waals surface area contributed by atoms with Crippen molar-refractivity contribution in [1.29, 1.82) is 0 Å². The fourth-order valence-corrected chi connectivity index (χ4v) is 6.40. The summed E-state index contributed by atoms with van der Waals surface area (Å²) < 4.78 is 34.4. The maximum Gasteiger partial charge on any atom is 0.296 e. The average molecular weight is 621 g/mol. The van der Waals surface area contributed by atoms with Gasteiger partial charge in [-0.3, -0.25) is 28.1 Å². The number of aromatic nitrogens is 4. The van der Waals surface area contributed by atoms with E-state index in [2.05, 4.69) is 5.32 Å². The van der Waals surface area contributed by atoms with E-state index in [0.29, 0.717) is 22.8 Å². The molecule has 3 aromatic carbocycles. The van der Waals surface area contributed by atoms with Gasteiger partial charge >= 0.3 is 0 Å². The first kappa shape index (κ1) is 29.7. The summed E-state index contributed by atoms with van der Waals surface area (Å²) in [5.41, 5.74) is 0.909. The quantitative estimate of drug-likeness (QED) is 0.295. The van der Waals surface area contributed by atoms with Gasteiger partial charge in [-0.25, -0.2) is 17.8 Å². The van der Waals surface area contributed by atoms with E-state index in [4.69, 9.17) is 11.6 Å². The summed E-state index contributed by atoms with van der Waals surface area (Å²) in [4.78, 5) is 39.9. The zero-order chi connectivity index (χ0) is 31.2. The molecule has 0 aliphatic heterocycles. The van der Waals surface area contributed by atoms with Crippen LogP contribution in [0.25, 0.3) is 11.4 Å². The predicted octanol–water partition coefficient (Wildman–Crippen LogP) is 4.01. The number of carbonyl (C=O) groups is 1. The highest BCUT2D eigenvalue weighted by molar-refractivity contribution is 7.92. The summed E-state index contributed by atoms with van der Waals surface area (Å²) in [5.74, 6) is -0.766. The summed E-state index contributed by atoms with van der Waals surface area (Å²) in [6.07, 6.45) is 0. The Morgan fingerprint density at radius 1 is 0.791 bits per heavy atom. The highest BCUT2D eigenvalue weighted by atomic mass is 35.5. The molecule has 0 bridgehead atoms. The van der Waals surface area contributed by atoms with Gasteiger partial charge in [-0.05, 0) is 56.3 Å². The number of nitrogens with one attached hydrogen (secondary N) is 1. The van der Waals surface area contributed by atoms with Gasteiger partial charge in [-0.1, -0.05) is 48.0 Å². The van der Waals surface area contributed by atoms with E-state index in [-0.39, 0.29) is 26.9 Å². The van der Waals surface area contributed by atoms with E-state index in [1.807, 2.05) is 12.1 Å². The molecule has 5 aromatic rings. The van der Waals surface area contributed by atoms with E-state index in [9.17, 15) is 22.8 Å². The lowest BCUT2D eigenvalue weighted by Crippen LogP contribution is -2.32. The Kier molecular flexibility index (Phi) is 7.67. The van der Waals surface area contributed by atoms with E-state index < -0.39 is 27.0 Å². The van der Waals surface area contributed by atoms with Crippen molar-refractivity contribution < 1.29 is 13.2 Å². The van der Waals surface area contributed by atoms with Crippen LogP contribution in [0.2, 0.25) is 5.02 Å². The number of anilines is 2. The van der Waals surface area contributed by atoms with Crippen molar-refractivity contribution in [1.82, 2.24) is 18.7 Å². The van der Waals surface area contributed by atoms with Gasteiger partial charge in [0.1, 0.15) is 11.4 Å². The number of amides is 1. The molecule has 0 aliphatic rings. The molecule has 0 aliphatic carbocycles. The molecule has 2 aromatic heterocycles. The maximum absolute atomic E-state index is 13.8. The van der Waals surface area contributed by atoms with Gasteiger partial charge in [0.2, 0.25) is 0 Å². The molecule has 0 saturated carbocycles. The third kappa shape index (κ3) is 4.98. The second kappa shape index (κ2) is 11.1. The topological polar surface area (TPSA) is 120 Å². The van der Waals surface area contributed by atoms with Crippen LogP contribution in [0.4, 0.5) is 11.4 Å². The molecule has 0 saturated heterocycles. The highest BCUT2D eigenvalue weighted by Crippen LogP contribution is 2.27. The minimum Gasteiger partial charge on any atom is -0.316 e. The molecule has 11 nitrogen and oxygen atoms in total. The Hall–Kier alpha value is -4.81. The van der Waals surface area contributed by atoms with Crippen LogP contribution in [0, 0.1) is 13.8 Å². The molecule has 1 N–H and O–H groups in total. The molecular formula is C30H29ClN6O5S. The van der Waals surface area contributed by atoms with Gasteiger partial charge in [0.15, 0.2) is 0 Å². The van der Waals surface area contributed by atoms with Gasteiger partial charge in [-0.15, -0.1) is 0 Å². The summed E-state index contributed by atoms with van der Waals surface area (Å²) in [6, 6.07) is 21.5. The zero-order valence-electron chi connectivity index (χ0n) is 24.1. The van der Waals surface area contributed by atoms with Crippen molar-refractivity contribution in [2.24, 2.45) is 14.1 Å². The minimum atomic E-state index is -4.33. The molecule has 0 unspecified atom stereocenters. The largest absolute Gasteiger partial charge is 0.316 e. The van der Waals surface area contributed by atoms with Gasteiger partial charge in [0, 0.05) is 21.1 Å². The van der Waals surface area contributed by atoms with Gasteiger partial charge in [0.25, 0.3) is 27.0 Å². The van der Waals surface area contributed by atoms with Gasteiger partial charge in [-0.2, -0.15) is 0 Å². The monoisotopic (exact) mass is 620 g/mol. The smallest absolute Gasteiger partial charge is 0.296 e. The first-order valence-corrected chi connectivity index (χ1v) is 15.0. The lowest BCUT2D eigenvalue weighted by Gasteiger charge is -2.19. The van der Waals surface area contributed by atoms with Crippen LogP contribution in [0.5, 0.6) is 0 Å². The van der Waals surface area contributed by atoms with Crippen molar-refractivity contribution in [3.63, 3.8) is 0 Å². The Balaban J connectivity index is 1.51. The number of nitrogens with zero attached hydrogens (tertiary/aromatic N) is 5. The molecule has 0 radical (unpaired) electrons. The van der Waals surface area contributed by atoms with E-state index in [1.54, 1.807) is 85.8 Å². The maximum atomic E-state index is 13.8. The summed E-state index contributed by atoms with van der Waals surface area (Å²) >= 11 is 6.34. The summed E-state index contributed by atoms with van der Waals surface area (Å²) in [6.45, 7) is 3.33. The lowest BCUT2D eigenvalue weighted by atomic mass is 10.2. The van der Waals surface area contributed by atoms with Crippen molar-refractivity contribution in [2.45, 2.75) is 18.7 Å². The molecular weight excluding hydrogens is 592 g/mol. The minimum absolute atomic E-state index is 0.0154. The first-order chi connectivity index (χ1) is 20.4. The van der Waals surface area contributed by atoms with Crippen molar-refractivity contribution in [3.05, 3.63) is 122 Å². The molecule has 1 amide bonds. The lowest BCUT2D eigenvalue weighted by molar-refractivity contribution is 0.102. The molecule has 43 heavy (non-hydrogen) atoms. The van der Waals surface area contributed by atoms with Crippen LogP contribution in [0.3, 0.4) is 0 Å². The number of hydrogen-bond donors (Lipinski definition) is 1. The number of carbonyl (C=O) groups excluding carboxylic acids is 1. The van der Waals surface area contributed by atoms with Crippen LogP contribution in [0.1, 0.15) is 21.7 Å². The normalized spacial score (nSPS) is 11.5. The second-order valence-corrected chi connectivity index (χ2v) is 12.3. The van der Waals surface area contributed by atoms with E-state index >= 15 is 0 Å². The first-order valence-electron chi connectivity index (χ1n) is 13.1. The molecule has 222 valence electrons. The Bertz CT molecular complexity index is 2090. The number of benzene rings is 3. The Morgan fingerprint density at radius 3 is 1.86 bits per heavy atom. The molecule has 13 heteroatoms. The number of sulfonamides is 1. The molecule has 2 heterocycles. The molecule has 0 fully saturated rings. The van der Waals surface area contributed by atoms with E-state index in [0.717, 1.165) is 10.4 Å². The predicted molar refractivity (Wildman–Crippen MR) is 166 cm³/mol. The Labute approximate surface area is 252 Å². The van der Waals surface area contributed by atoms with Crippen LogP contribution in [-0.4, -0.2) is 40.1 Å². The van der Waals surface area contributed by atoms with Crippen molar-refractivity contribution in [3.8, 4) is 11.4 Å². The third-order valence-corrected chi connectivity index (χ3v) is 9.56. The number of rotatable bonds is 7. The van der Waals surface area contributed by atoms with Crippen LogP contribution >= 0.6 is 11.6 Å². The fraction of sp³-hybridized carbons (Fsp3) is 0.167. The zero-order valence-corrected chi connectivity index (χ0v) is 25.6. The highest BCUT2D eigenvalue weighted by Gasteiger charge is 2.30. The fourth-order valence-electron chi connectivity index (χ4n) is 4.93. The standard InChI is InChI=1S/C30H29ClN6O5S/c1-19-26(29(39)36(33(19)3)21-12-8-6-9-13-21)32-28(38)24-18-23(16-17-25(24)31)43(41,42)35(5)27-20(2)34(4)37(30(27)40)22-14-10-7-11-15-22/h6-18H,1-5H3,(H,32,38). The van der Waals surface area contributed by atoms with E-state index in [1.165, 1.54) is 28.5 Å². The average Bonchev–Trinajstić information content (AvgIpc) is 3.34. The molecule has 5 rings (SSSR count). The number of hydrogen-bond acceptors (Lipinski definition) is 5. The van der Waals surface area contributed by atoms with Crippen LogP contribution in [-0.2, 0) is 24.1 Å². The SMILES string of the molecule is Cc1c(NC(=O)c2cc(S(=O)(=O)N(C)c3c(C)n(C)n(-c4ccccc4)c3=O)ccc2Cl)c(=O)n(-c2ccccc2)n1C. The van der Waals surface area contributed by atoms with Gasteiger partial charge in [0.05, 0.1) is 38.2 Å².